The first-order valence-electron chi connectivity index (χ1n) is 12.5. The van der Waals surface area contributed by atoms with Gasteiger partial charge in [0.15, 0.2) is 0 Å². The summed E-state index contributed by atoms with van der Waals surface area (Å²) in [5, 5.41) is 0. The Morgan fingerprint density at radius 2 is 1.81 bits per heavy atom. The maximum absolute atomic E-state index is 11.9. The van der Waals surface area contributed by atoms with E-state index in [0.717, 1.165) is 39.1 Å². The molecule has 0 amide bonds. The lowest BCUT2D eigenvalue weighted by molar-refractivity contribution is -0.145. The van der Waals surface area contributed by atoms with E-state index in [0.29, 0.717) is 23.9 Å². The second-order valence-electron chi connectivity index (χ2n) is 11.3. The highest BCUT2D eigenvalue weighted by molar-refractivity contribution is 5.75. The van der Waals surface area contributed by atoms with Gasteiger partial charge in [-0.25, -0.2) is 0 Å². The predicted octanol–water partition coefficient (Wildman–Crippen LogP) is 5.11. The van der Waals surface area contributed by atoms with Gasteiger partial charge in [-0.1, -0.05) is 45.9 Å². The Balaban J connectivity index is 1.38. The molecular formula is C27H42N2O2. The van der Waals surface area contributed by atoms with E-state index in [1.807, 2.05) is 6.92 Å². The number of piperazine rings is 1. The molecule has 3 aliphatic rings. The van der Waals surface area contributed by atoms with E-state index in [2.05, 4.69) is 61.8 Å². The molecule has 4 unspecified atom stereocenters. The SMILES string of the molecule is CCOC(=O)C1CC1CN1CCN(c2ccccc2C2(C)CCC(C)(C)CC2C)CC1. The fourth-order valence-electron chi connectivity index (χ4n) is 6.12. The normalized spacial score (nSPS) is 33.2. The zero-order chi connectivity index (χ0) is 22.2. The highest BCUT2D eigenvalue weighted by Gasteiger charge is 2.45. The Morgan fingerprint density at radius 3 is 2.48 bits per heavy atom. The van der Waals surface area contributed by atoms with Crippen molar-refractivity contribution < 1.29 is 9.53 Å². The lowest BCUT2D eigenvalue weighted by Gasteiger charge is -2.48. The molecule has 4 atom stereocenters. The van der Waals surface area contributed by atoms with Crippen molar-refractivity contribution in [1.29, 1.82) is 0 Å². The molecule has 172 valence electrons. The Hall–Kier alpha value is -1.55. The van der Waals surface area contributed by atoms with E-state index in [4.69, 9.17) is 4.74 Å². The molecule has 2 saturated carbocycles. The summed E-state index contributed by atoms with van der Waals surface area (Å²) in [5.74, 6) is 1.35. The van der Waals surface area contributed by atoms with Gasteiger partial charge >= 0.3 is 5.97 Å². The van der Waals surface area contributed by atoms with Crippen molar-refractivity contribution in [3.8, 4) is 0 Å². The number of hydrogen-bond acceptors (Lipinski definition) is 4. The molecular weight excluding hydrogens is 384 g/mol. The predicted molar refractivity (Wildman–Crippen MR) is 127 cm³/mol. The minimum Gasteiger partial charge on any atom is -0.466 e. The van der Waals surface area contributed by atoms with Crippen molar-refractivity contribution in [2.75, 3.05) is 44.2 Å². The van der Waals surface area contributed by atoms with Gasteiger partial charge in [0.05, 0.1) is 12.5 Å². The molecule has 4 rings (SSSR count). The lowest BCUT2D eigenvalue weighted by Crippen LogP contribution is -2.48. The molecule has 1 saturated heterocycles. The molecule has 31 heavy (non-hydrogen) atoms. The number of para-hydroxylation sites is 1. The summed E-state index contributed by atoms with van der Waals surface area (Å²) in [6.07, 6.45) is 4.89. The number of carbonyl (C=O) groups is 1. The largest absolute Gasteiger partial charge is 0.466 e. The standard InChI is InChI=1S/C27H42N2O2/c1-6-31-25(30)22-17-21(22)19-28-13-15-29(16-14-28)24-10-8-7-9-23(24)27(5)12-11-26(3,4)18-20(27)2/h7-10,20-22H,6,11-19H2,1-5H3. The molecule has 1 heterocycles. The van der Waals surface area contributed by atoms with Gasteiger partial charge in [-0.15, -0.1) is 0 Å². The molecule has 0 N–H and O–H groups in total. The van der Waals surface area contributed by atoms with E-state index in [1.54, 1.807) is 5.56 Å². The van der Waals surface area contributed by atoms with Gasteiger partial charge in [-0.05, 0) is 66.9 Å². The maximum Gasteiger partial charge on any atom is 0.309 e. The van der Waals surface area contributed by atoms with E-state index >= 15 is 0 Å². The fraction of sp³-hybridized carbons (Fsp3) is 0.741. The second-order valence-corrected chi connectivity index (χ2v) is 11.3. The van der Waals surface area contributed by atoms with Crippen LogP contribution in [-0.2, 0) is 14.9 Å². The van der Waals surface area contributed by atoms with Gasteiger partial charge < -0.3 is 9.64 Å². The Kier molecular flexibility index (Phi) is 6.40. The van der Waals surface area contributed by atoms with Crippen LogP contribution in [0.15, 0.2) is 24.3 Å². The Bertz CT molecular complexity index is 783. The number of benzene rings is 1. The maximum atomic E-state index is 11.9. The second kappa shape index (κ2) is 8.77. The zero-order valence-electron chi connectivity index (χ0n) is 20.3. The van der Waals surface area contributed by atoms with E-state index in [9.17, 15) is 4.79 Å². The van der Waals surface area contributed by atoms with Crippen LogP contribution in [-0.4, -0.2) is 50.2 Å². The molecule has 4 nitrogen and oxygen atoms in total. The van der Waals surface area contributed by atoms with Gasteiger partial charge in [0.25, 0.3) is 0 Å². The summed E-state index contributed by atoms with van der Waals surface area (Å²) >= 11 is 0. The van der Waals surface area contributed by atoms with Crippen LogP contribution in [0.4, 0.5) is 5.69 Å². The highest BCUT2D eigenvalue weighted by atomic mass is 16.5. The number of esters is 1. The highest BCUT2D eigenvalue weighted by Crippen LogP contribution is 2.52. The number of carbonyl (C=O) groups excluding carboxylic acids is 1. The Morgan fingerprint density at radius 1 is 1.10 bits per heavy atom. The average Bonchev–Trinajstić information content (AvgIpc) is 3.51. The summed E-state index contributed by atoms with van der Waals surface area (Å²) in [7, 11) is 0. The first-order chi connectivity index (χ1) is 14.7. The van der Waals surface area contributed by atoms with Crippen molar-refractivity contribution in [2.45, 2.75) is 65.7 Å². The molecule has 2 aliphatic carbocycles. The lowest BCUT2D eigenvalue weighted by atomic mass is 9.58. The summed E-state index contributed by atoms with van der Waals surface area (Å²) < 4.78 is 5.20. The summed E-state index contributed by atoms with van der Waals surface area (Å²) in [5.41, 5.74) is 3.72. The molecule has 4 heteroatoms. The number of ether oxygens (including phenoxy) is 1. The number of rotatable bonds is 6. The summed E-state index contributed by atoms with van der Waals surface area (Å²) in [4.78, 5) is 17.1. The number of hydrogen-bond donors (Lipinski definition) is 0. The van der Waals surface area contributed by atoms with E-state index in [-0.39, 0.29) is 17.3 Å². The van der Waals surface area contributed by atoms with Gasteiger partial charge in [0, 0.05) is 38.4 Å². The van der Waals surface area contributed by atoms with Crippen molar-refractivity contribution in [1.82, 2.24) is 4.90 Å². The van der Waals surface area contributed by atoms with Crippen LogP contribution in [0.1, 0.15) is 65.9 Å². The van der Waals surface area contributed by atoms with E-state index < -0.39 is 0 Å². The smallest absolute Gasteiger partial charge is 0.309 e. The quantitative estimate of drug-likeness (QED) is 0.592. The first-order valence-corrected chi connectivity index (χ1v) is 12.5. The van der Waals surface area contributed by atoms with Crippen LogP contribution in [0.5, 0.6) is 0 Å². The van der Waals surface area contributed by atoms with E-state index in [1.165, 1.54) is 24.9 Å². The molecule has 0 aromatic heterocycles. The number of nitrogens with zero attached hydrogens (tertiary/aromatic N) is 2. The monoisotopic (exact) mass is 426 g/mol. The van der Waals surface area contributed by atoms with Crippen molar-refractivity contribution in [3.63, 3.8) is 0 Å². The van der Waals surface area contributed by atoms with Gasteiger partial charge in [-0.3, -0.25) is 9.69 Å². The first kappa shape index (κ1) is 22.6. The zero-order valence-corrected chi connectivity index (χ0v) is 20.3. The Labute approximate surface area is 189 Å². The molecule has 1 aliphatic heterocycles. The minimum absolute atomic E-state index is 0.0121. The molecule has 3 fully saturated rings. The van der Waals surface area contributed by atoms with Crippen molar-refractivity contribution in [2.24, 2.45) is 23.2 Å². The summed E-state index contributed by atoms with van der Waals surface area (Å²) in [6, 6.07) is 9.18. The fourth-order valence-corrected chi connectivity index (χ4v) is 6.12. The van der Waals surface area contributed by atoms with Crippen LogP contribution in [0, 0.1) is 23.2 Å². The van der Waals surface area contributed by atoms with Crippen LogP contribution < -0.4 is 4.90 Å². The third kappa shape index (κ3) is 4.79. The summed E-state index contributed by atoms with van der Waals surface area (Å²) in [6.45, 7) is 17.6. The third-order valence-electron chi connectivity index (χ3n) is 8.50. The minimum atomic E-state index is 0.0121. The topological polar surface area (TPSA) is 32.8 Å². The van der Waals surface area contributed by atoms with Crippen LogP contribution in [0.2, 0.25) is 0 Å². The third-order valence-corrected chi connectivity index (χ3v) is 8.50. The average molecular weight is 427 g/mol. The molecule has 1 aromatic rings. The molecule has 0 bridgehead atoms. The molecule has 0 radical (unpaired) electrons. The van der Waals surface area contributed by atoms with Crippen LogP contribution in [0.3, 0.4) is 0 Å². The molecule has 0 spiro atoms. The van der Waals surface area contributed by atoms with Crippen LogP contribution >= 0.6 is 0 Å². The van der Waals surface area contributed by atoms with Gasteiger partial charge in [0.2, 0.25) is 0 Å². The van der Waals surface area contributed by atoms with Crippen LogP contribution in [0.25, 0.3) is 0 Å². The van der Waals surface area contributed by atoms with Crippen molar-refractivity contribution >= 4 is 11.7 Å². The number of anilines is 1. The van der Waals surface area contributed by atoms with Gasteiger partial charge in [-0.2, -0.15) is 0 Å². The van der Waals surface area contributed by atoms with Crippen molar-refractivity contribution in [3.05, 3.63) is 29.8 Å². The molecule has 1 aromatic carbocycles. The van der Waals surface area contributed by atoms with Gasteiger partial charge in [0.1, 0.15) is 0 Å².